The van der Waals surface area contributed by atoms with Crippen LogP contribution in [0.3, 0.4) is 0 Å². The summed E-state index contributed by atoms with van der Waals surface area (Å²) >= 11 is 0. The highest BCUT2D eigenvalue weighted by atomic mass is 19.4. The molecule has 0 aromatic carbocycles. The summed E-state index contributed by atoms with van der Waals surface area (Å²) in [6.07, 6.45) is -2.32. The van der Waals surface area contributed by atoms with Gasteiger partial charge in [-0.3, -0.25) is 4.90 Å². The predicted octanol–water partition coefficient (Wildman–Crippen LogP) is 2.06. The maximum Gasteiger partial charge on any atom is 0.453 e. The first-order valence-electron chi connectivity index (χ1n) is 7.65. The zero-order chi connectivity index (χ0) is 16.6. The number of halogens is 3. The lowest BCUT2D eigenvalue weighted by atomic mass is 10.2. The minimum atomic E-state index is -4.58. The van der Waals surface area contributed by atoms with Crippen molar-refractivity contribution in [2.75, 3.05) is 31.6 Å². The molecule has 2 aromatic heterocycles. The zero-order valence-corrected chi connectivity index (χ0v) is 13.1. The molecule has 1 aliphatic heterocycles. The molecule has 0 aliphatic carbocycles. The van der Waals surface area contributed by atoms with E-state index in [0.717, 1.165) is 37.0 Å². The highest BCUT2D eigenvalue weighted by molar-refractivity contribution is 5.45. The summed E-state index contributed by atoms with van der Waals surface area (Å²) in [7, 11) is 1.85. The van der Waals surface area contributed by atoms with Crippen molar-refractivity contribution in [1.82, 2.24) is 24.7 Å². The fourth-order valence-corrected chi connectivity index (χ4v) is 3.09. The van der Waals surface area contributed by atoms with Gasteiger partial charge >= 0.3 is 6.18 Å². The van der Waals surface area contributed by atoms with Crippen molar-refractivity contribution in [3.63, 3.8) is 0 Å². The first kappa shape index (κ1) is 16.0. The fourth-order valence-electron chi connectivity index (χ4n) is 3.09. The van der Waals surface area contributed by atoms with Gasteiger partial charge in [0.25, 0.3) is 5.82 Å². The van der Waals surface area contributed by atoms with E-state index in [1.165, 1.54) is 6.07 Å². The maximum absolute atomic E-state index is 12.9. The van der Waals surface area contributed by atoms with Gasteiger partial charge in [0.05, 0.1) is 0 Å². The standard InChI is InChI=1S/C14H19F3N6/c1-3-22-8-4-5-10(22)9-21(2)12-7-6-11-18-19-13(14(15,16)17)23(11)20-12/h6-7,10H,3-5,8-9H2,1-2H3. The number of aromatic nitrogens is 4. The van der Waals surface area contributed by atoms with Crippen molar-refractivity contribution < 1.29 is 13.2 Å². The van der Waals surface area contributed by atoms with Crippen molar-refractivity contribution >= 4 is 11.5 Å². The Bertz CT molecular complexity index is 683. The average Bonchev–Trinajstić information content (AvgIpc) is 3.11. The first-order chi connectivity index (χ1) is 10.9. The molecule has 0 saturated carbocycles. The molecule has 1 fully saturated rings. The van der Waals surface area contributed by atoms with Crippen LogP contribution >= 0.6 is 0 Å². The molecule has 3 rings (SSSR count). The van der Waals surface area contributed by atoms with E-state index in [2.05, 4.69) is 27.1 Å². The van der Waals surface area contributed by atoms with E-state index < -0.39 is 12.0 Å². The molecule has 126 valence electrons. The lowest BCUT2D eigenvalue weighted by Gasteiger charge is -2.28. The number of alkyl halides is 3. The highest BCUT2D eigenvalue weighted by Gasteiger charge is 2.37. The van der Waals surface area contributed by atoms with Crippen LogP contribution in [0.4, 0.5) is 19.0 Å². The summed E-state index contributed by atoms with van der Waals surface area (Å²) in [6, 6.07) is 3.59. The summed E-state index contributed by atoms with van der Waals surface area (Å²) in [6.45, 7) is 4.91. The SMILES string of the molecule is CCN1CCCC1CN(C)c1ccc2nnc(C(F)(F)F)n2n1. The van der Waals surface area contributed by atoms with Gasteiger partial charge in [0, 0.05) is 19.6 Å². The summed E-state index contributed by atoms with van der Waals surface area (Å²) in [4.78, 5) is 4.27. The van der Waals surface area contributed by atoms with Crippen LogP contribution in [0.25, 0.3) is 5.65 Å². The minimum absolute atomic E-state index is 0.0885. The number of nitrogens with zero attached hydrogens (tertiary/aromatic N) is 6. The number of likely N-dealkylation sites (tertiary alicyclic amines) is 1. The zero-order valence-electron chi connectivity index (χ0n) is 13.1. The molecule has 1 aliphatic rings. The second kappa shape index (κ2) is 5.95. The second-order valence-corrected chi connectivity index (χ2v) is 5.79. The number of fused-ring (bicyclic) bond motifs is 1. The molecule has 0 spiro atoms. The van der Waals surface area contributed by atoms with E-state index in [-0.39, 0.29) is 5.65 Å². The quantitative estimate of drug-likeness (QED) is 0.860. The topological polar surface area (TPSA) is 49.6 Å². The Labute approximate surface area is 131 Å². The largest absolute Gasteiger partial charge is 0.453 e. The summed E-state index contributed by atoms with van der Waals surface area (Å²) in [5.41, 5.74) is 0.0885. The van der Waals surface area contributed by atoms with Crippen LogP contribution in [0.1, 0.15) is 25.6 Å². The normalized spacial score (nSPS) is 19.6. The molecule has 6 nitrogen and oxygen atoms in total. The Morgan fingerprint density at radius 3 is 2.78 bits per heavy atom. The number of hydrogen-bond donors (Lipinski definition) is 0. The summed E-state index contributed by atoms with van der Waals surface area (Å²) in [5.74, 6) is -0.621. The number of anilines is 1. The fraction of sp³-hybridized carbons (Fsp3) is 0.643. The molecule has 2 aromatic rings. The third kappa shape index (κ3) is 3.10. The van der Waals surface area contributed by atoms with Crippen LogP contribution in [-0.2, 0) is 6.18 Å². The smallest absolute Gasteiger partial charge is 0.357 e. The van der Waals surface area contributed by atoms with Gasteiger partial charge in [0.2, 0.25) is 0 Å². The number of likely N-dealkylation sites (N-methyl/N-ethyl adjacent to an activating group) is 2. The van der Waals surface area contributed by atoms with Gasteiger partial charge in [0.15, 0.2) is 5.65 Å². The first-order valence-corrected chi connectivity index (χ1v) is 7.65. The Kier molecular flexibility index (Phi) is 4.13. The third-order valence-electron chi connectivity index (χ3n) is 4.28. The Morgan fingerprint density at radius 2 is 2.09 bits per heavy atom. The Balaban J connectivity index is 1.84. The van der Waals surface area contributed by atoms with Gasteiger partial charge in [-0.2, -0.15) is 17.7 Å². The molecule has 1 atom stereocenters. The van der Waals surface area contributed by atoms with Crippen molar-refractivity contribution in [2.24, 2.45) is 0 Å². The van der Waals surface area contributed by atoms with E-state index in [9.17, 15) is 13.2 Å². The van der Waals surface area contributed by atoms with Gasteiger partial charge in [-0.15, -0.1) is 15.3 Å². The Hall–Kier alpha value is -1.90. The van der Waals surface area contributed by atoms with Crippen LogP contribution in [0.5, 0.6) is 0 Å². The maximum atomic E-state index is 12.9. The number of rotatable bonds is 4. The second-order valence-electron chi connectivity index (χ2n) is 5.79. The van der Waals surface area contributed by atoms with Crippen LogP contribution in [-0.4, -0.2) is 57.4 Å². The molecular weight excluding hydrogens is 309 g/mol. The van der Waals surface area contributed by atoms with Gasteiger partial charge in [0.1, 0.15) is 5.82 Å². The third-order valence-corrected chi connectivity index (χ3v) is 4.28. The van der Waals surface area contributed by atoms with E-state index in [1.807, 2.05) is 11.9 Å². The summed E-state index contributed by atoms with van der Waals surface area (Å²) < 4.78 is 39.5. The van der Waals surface area contributed by atoms with Crippen LogP contribution in [0.2, 0.25) is 0 Å². The molecule has 0 amide bonds. The molecule has 23 heavy (non-hydrogen) atoms. The molecular formula is C14H19F3N6. The molecule has 3 heterocycles. The molecule has 0 radical (unpaired) electrons. The van der Waals surface area contributed by atoms with E-state index in [0.29, 0.717) is 11.9 Å². The van der Waals surface area contributed by atoms with E-state index in [4.69, 9.17) is 0 Å². The molecule has 1 unspecified atom stereocenters. The Morgan fingerprint density at radius 1 is 1.30 bits per heavy atom. The van der Waals surface area contributed by atoms with Crippen LogP contribution in [0, 0.1) is 0 Å². The van der Waals surface area contributed by atoms with E-state index in [1.54, 1.807) is 6.07 Å². The van der Waals surface area contributed by atoms with Crippen molar-refractivity contribution in [3.05, 3.63) is 18.0 Å². The lowest BCUT2D eigenvalue weighted by Crippen LogP contribution is -2.39. The van der Waals surface area contributed by atoms with Gasteiger partial charge in [-0.05, 0) is 38.1 Å². The lowest BCUT2D eigenvalue weighted by molar-refractivity contribution is -0.146. The van der Waals surface area contributed by atoms with Crippen LogP contribution in [0.15, 0.2) is 12.1 Å². The van der Waals surface area contributed by atoms with Crippen molar-refractivity contribution in [2.45, 2.75) is 32.0 Å². The van der Waals surface area contributed by atoms with E-state index >= 15 is 0 Å². The molecule has 9 heteroatoms. The number of hydrogen-bond acceptors (Lipinski definition) is 5. The molecule has 1 saturated heterocycles. The van der Waals surface area contributed by atoms with Gasteiger partial charge in [-0.1, -0.05) is 6.92 Å². The van der Waals surface area contributed by atoms with Crippen molar-refractivity contribution in [3.8, 4) is 0 Å². The van der Waals surface area contributed by atoms with Crippen LogP contribution < -0.4 is 4.90 Å². The van der Waals surface area contributed by atoms with Gasteiger partial charge < -0.3 is 4.90 Å². The predicted molar refractivity (Wildman–Crippen MR) is 79.3 cm³/mol. The monoisotopic (exact) mass is 328 g/mol. The highest BCUT2D eigenvalue weighted by Crippen LogP contribution is 2.28. The summed E-state index contributed by atoms with van der Waals surface area (Å²) in [5, 5.41) is 10.8. The average molecular weight is 328 g/mol. The van der Waals surface area contributed by atoms with Crippen molar-refractivity contribution in [1.29, 1.82) is 0 Å². The molecule has 0 bridgehead atoms. The minimum Gasteiger partial charge on any atom is -0.357 e. The van der Waals surface area contributed by atoms with Gasteiger partial charge in [-0.25, -0.2) is 0 Å². The molecule has 0 N–H and O–H groups in total.